The van der Waals surface area contributed by atoms with Crippen LogP contribution in [0, 0.1) is 0 Å². The highest BCUT2D eigenvalue weighted by atomic mass is 16.5. The van der Waals surface area contributed by atoms with Crippen LogP contribution in [0.3, 0.4) is 0 Å². The molecule has 6 heteroatoms. The number of carbonyl (C=O) groups excluding carboxylic acids is 3. The number of benzene rings is 2. The lowest BCUT2D eigenvalue weighted by atomic mass is 9.97. The minimum atomic E-state index is -0.550. The molecule has 0 aliphatic heterocycles. The molecule has 0 bridgehead atoms. The number of ketones is 1. The first-order valence-electron chi connectivity index (χ1n) is 8.20. The maximum Gasteiger partial charge on any atom is 0.308 e. The van der Waals surface area contributed by atoms with Crippen LogP contribution in [0.15, 0.2) is 36.4 Å². The molecule has 2 aromatic carbocycles. The van der Waals surface area contributed by atoms with E-state index in [0.717, 1.165) is 0 Å². The zero-order valence-electron chi connectivity index (χ0n) is 14.9. The van der Waals surface area contributed by atoms with Crippen LogP contribution in [0.1, 0.15) is 48.7 Å². The lowest BCUT2D eigenvalue weighted by Gasteiger charge is -2.14. The Balaban J connectivity index is 2.52. The van der Waals surface area contributed by atoms with E-state index < -0.39 is 17.7 Å². The zero-order valence-corrected chi connectivity index (χ0v) is 14.9. The Kier molecular flexibility index (Phi) is 6.11. The van der Waals surface area contributed by atoms with E-state index in [1.807, 2.05) is 6.92 Å². The molecule has 0 spiro atoms. The van der Waals surface area contributed by atoms with Crippen molar-refractivity contribution in [1.82, 2.24) is 0 Å². The van der Waals surface area contributed by atoms with Crippen LogP contribution >= 0.6 is 0 Å². The third-order valence-electron chi connectivity index (χ3n) is 3.62. The van der Waals surface area contributed by atoms with E-state index in [0.29, 0.717) is 18.4 Å². The van der Waals surface area contributed by atoms with Gasteiger partial charge in [-0.2, -0.15) is 0 Å². The average molecular weight is 356 g/mol. The first-order valence-corrected chi connectivity index (χ1v) is 8.20. The average Bonchev–Trinajstić information content (AvgIpc) is 2.57. The van der Waals surface area contributed by atoms with Crippen LogP contribution < -0.4 is 9.47 Å². The fourth-order valence-corrected chi connectivity index (χ4v) is 2.59. The highest BCUT2D eigenvalue weighted by Gasteiger charge is 2.22. The van der Waals surface area contributed by atoms with E-state index in [1.54, 1.807) is 12.1 Å². The van der Waals surface area contributed by atoms with Gasteiger partial charge in [0, 0.05) is 19.4 Å². The van der Waals surface area contributed by atoms with E-state index in [2.05, 4.69) is 0 Å². The van der Waals surface area contributed by atoms with Gasteiger partial charge in [0.1, 0.15) is 17.2 Å². The summed E-state index contributed by atoms with van der Waals surface area (Å²) in [6.07, 6.45) is 1.12. The molecule has 0 fully saturated rings. The number of rotatable bonds is 6. The zero-order chi connectivity index (χ0) is 19.3. The van der Waals surface area contributed by atoms with Crippen LogP contribution in [-0.2, 0) is 16.0 Å². The smallest absolute Gasteiger partial charge is 0.308 e. The SMILES string of the molecule is CCCc1c(OC(C)=O)ccc(C(=O)c2ccccc2OC(C)=O)c1O. The number of carbonyl (C=O) groups is 3. The lowest BCUT2D eigenvalue weighted by Crippen LogP contribution is -2.10. The van der Waals surface area contributed by atoms with Crippen molar-refractivity contribution in [3.63, 3.8) is 0 Å². The van der Waals surface area contributed by atoms with Gasteiger partial charge in [-0.15, -0.1) is 0 Å². The third-order valence-corrected chi connectivity index (χ3v) is 3.62. The highest BCUT2D eigenvalue weighted by molar-refractivity contribution is 6.12. The van der Waals surface area contributed by atoms with Gasteiger partial charge in [-0.3, -0.25) is 14.4 Å². The number of aromatic hydroxyl groups is 1. The highest BCUT2D eigenvalue weighted by Crippen LogP contribution is 2.35. The number of para-hydroxylation sites is 1. The van der Waals surface area contributed by atoms with Gasteiger partial charge in [0.25, 0.3) is 0 Å². The minimum absolute atomic E-state index is 0.0453. The molecule has 1 N–H and O–H groups in total. The molecule has 2 aromatic rings. The molecule has 0 aliphatic carbocycles. The molecule has 2 rings (SSSR count). The molecule has 0 amide bonds. The maximum absolute atomic E-state index is 12.9. The Hall–Kier alpha value is -3.15. The van der Waals surface area contributed by atoms with Crippen molar-refractivity contribution in [1.29, 1.82) is 0 Å². The summed E-state index contributed by atoms with van der Waals surface area (Å²) in [6, 6.07) is 9.16. The Morgan fingerprint density at radius 2 is 1.50 bits per heavy atom. The molecule has 0 radical (unpaired) electrons. The van der Waals surface area contributed by atoms with E-state index in [-0.39, 0.29) is 28.4 Å². The summed E-state index contributed by atoms with van der Waals surface area (Å²) in [7, 11) is 0. The topological polar surface area (TPSA) is 89.9 Å². The largest absolute Gasteiger partial charge is 0.507 e. The van der Waals surface area contributed by atoms with Crippen LogP contribution in [0.2, 0.25) is 0 Å². The number of hydrogen-bond donors (Lipinski definition) is 1. The summed E-state index contributed by atoms with van der Waals surface area (Å²) >= 11 is 0. The molecular formula is C20H20O6. The summed E-state index contributed by atoms with van der Waals surface area (Å²) in [4.78, 5) is 35.4. The predicted molar refractivity (Wildman–Crippen MR) is 94.6 cm³/mol. The molecule has 0 aliphatic rings. The summed E-state index contributed by atoms with van der Waals surface area (Å²) < 4.78 is 10.2. The van der Waals surface area contributed by atoms with E-state index in [9.17, 15) is 19.5 Å². The first kappa shape index (κ1) is 19.2. The molecule has 0 atom stereocenters. The van der Waals surface area contributed by atoms with Gasteiger partial charge in [-0.25, -0.2) is 0 Å². The predicted octanol–water partition coefficient (Wildman–Crippen LogP) is 3.43. The van der Waals surface area contributed by atoms with Crippen molar-refractivity contribution < 1.29 is 29.0 Å². The Morgan fingerprint density at radius 1 is 0.885 bits per heavy atom. The van der Waals surface area contributed by atoms with Crippen molar-refractivity contribution >= 4 is 17.7 Å². The van der Waals surface area contributed by atoms with Crippen LogP contribution in [0.5, 0.6) is 17.2 Å². The first-order chi connectivity index (χ1) is 12.3. The fourth-order valence-electron chi connectivity index (χ4n) is 2.59. The maximum atomic E-state index is 12.9. The molecule has 0 saturated heterocycles. The van der Waals surface area contributed by atoms with Crippen molar-refractivity contribution in [3.05, 3.63) is 53.1 Å². The van der Waals surface area contributed by atoms with Gasteiger partial charge in [0.15, 0.2) is 0 Å². The minimum Gasteiger partial charge on any atom is -0.507 e. The Morgan fingerprint density at radius 3 is 2.12 bits per heavy atom. The third kappa shape index (κ3) is 4.27. The standard InChI is InChI=1S/C20H20O6/c1-4-7-14-18(26-13(3)22)11-10-16(19(14)23)20(24)15-8-5-6-9-17(15)25-12(2)21/h5-6,8-11,23H,4,7H2,1-3H3. The second-order valence-corrected chi connectivity index (χ2v) is 5.70. The molecule has 0 unspecified atom stereocenters. The number of hydrogen-bond acceptors (Lipinski definition) is 6. The van der Waals surface area contributed by atoms with Crippen molar-refractivity contribution in [2.45, 2.75) is 33.6 Å². The van der Waals surface area contributed by atoms with Gasteiger partial charge in [-0.05, 0) is 30.7 Å². The molecule has 6 nitrogen and oxygen atoms in total. The number of esters is 2. The van der Waals surface area contributed by atoms with Gasteiger partial charge in [0.05, 0.1) is 11.1 Å². The molecule has 0 saturated carbocycles. The molecule has 136 valence electrons. The van der Waals surface area contributed by atoms with E-state index in [4.69, 9.17) is 9.47 Å². The van der Waals surface area contributed by atoms with Gasteiger partial charge >= 0.3 is 11.9 Å². The number of ether oxygens (including phenoxy) is 2. The second kappa shape index (κ2) is 8.29. The van der Waals surface area contributed by atoms with E-state index >= 15 is 0 Å². The van der Waals surface area contributed by atoms with Crippen molar-refractivity contribution in [3.8, 4) is 17.2 Å². The summed E-state index contributed by atoms with van der Waals surface area (Å²) in [5, 5.41) is 10.6. The quantitative estimate of drug-likeness (QED) is 0.484. The molecule has 0 aromatic heterocycles. The molecular weight excluding hydrogens is 336 g/mol. The summed E-state index contributed by atoms with van der Waals surface area (Å²) in [5.41, 5.74) is 0.586. The van der Waals surface area contributed by atoms with Crippen LogP contribution in [0.25, 0.3) is 0 Å². The molecule has 0 heterocycles. The van der Waals surface area contributed by atoms with E-state index in [1.165, 1.54) is 38.1 Å². The molecule has 26 heavy (non-hydrogen) atoms. The summed E-state index contributed by atoms with van der Waals surface area (Å²) in [6.45, 7) is 4.41. The van der Waals surface area contributed by atoms with Gasteiger partial charge in [-0.1, -0.05) is 25.5 Å². The normalized spacial score (nSPS) is 10.3. The van der Waals surface area contributed by atoms with Gasteiger partial charge in [0.2, 0.25) is 5.78 Å². The number of phenols is 1. The van der Waals surface area contributed by atoms with Crippen molar-refractivity contribution in [2.75, 3.05) is 0 Å². The second-order valence-electron chi connectivity index (χ2n) is 5.70. The fraction of sp³-hybridized carbons (Fsp3) is 0.250. The van der Waals surface area contributed by atoms with Crippen molar-refractivity contribution in [2.24, 2.45) is 0 Å². The number of phenolic OH excluding ortho intramolecular Hbond substituents is 1. The monoisotopic (exact) mass is 356 g/mol. The van der Waals surface area contributed by atoms with Gasteiger partial charge < -0.3 is 14.6 Å². The van der Waals surface area contributed by atoms with Crippen LogP contribution in [-0.4, -0.2) is 22.8 Å². The van der Waals surface area contributed by atoms with Crippen LogP contribution in [0.4, 0.5) is 0 Å². The lowest BCUT2D eigenvalue weighted by molar-refractivity contribution is -0.132. The Bertz CT molecular complexity index is 853. The summed E-state index contributed by atoms with van der Waals surface area (Å²) in [5.74, 6) is -1.46. The Labute approximate surface area is 151 Å².